The van der Waals surface area contributed by atoms with Crippen LogP contribution < -0.4 is 19.1 Å². The number of amides is 1. The zero-order chi connectivity index (χ0) is 21.2. The van der Waals surface area contributed by atoms with Crippen molar-refractivity contribution in [2.75, 3.05) is 30.3 Å². The number of hydrogen-bond acceptors (Lipinski definition) is 5. The molecule has 0 fully saturated rings. The van der Waals surface area contributed by atoms with Crippen LogP contribution in [0.1, 0.15) is 16.7 Å². The number of nitrogens with zero attached hydrogens (tertiary/aromatic N) is 1. The van der Waals surface area contributed by atoms with E-state index in [2.05, 4.69) is 5.32 Å². The summed E-state index contributed by atoms with van der Waals surface area (Å²) in [4.78, 5) is 12.5. The van der Waals surface area contributed by atoms with Crippen molar-refractivity contribution in [1.82, 2.24) is 5.32 Å². The summed E-state index contributed by atoms with van der Waals surface area (Å²) in [5.41, 5.74) is 3.19. The Morgan fingerprint density at radius 1 is 1.14 bits per heavy atom. The molecule has 0 radical (unpaired) electrons. The van der Waals surface area contributed by atoms with E-state index in [0.29, 0.717) is 23.8 Å². The molecule has 1 amide bonds. The zero-order valence-electron chi connectivity index (χ0n) is 17.1. The number of fused-ring (bicyclic) bond motifs is 1. The molecular weight excluding hydrogens is 392 g/mol. The summed E-state index contributed by atoms with van der Waals surface area (Å²) in [5, 5.41) is 2.76. The van der Waals surface area contributed by atoms with Crippen LogP contribution in [-0.2, 0) is 14.8 Å². The monoisotopic (exact) mass is 418 g/mol. The van der Waals surface area contributed by atoms with Gasteiger partial charge in [0.1, 0.15) is 19.3 Å². The number of para-hydroxylation sites is 2. The van der Waals surface area contributed by atoms with Gasteiger partial charge in [-0.15, -0.1) is 0 Å². The van der Waals surface area contributed by atoms with Crippen LogP contribution in [0.3, 0.4) is 0 Å². The summed E-state index contributed by atoms with van der Waals surface area (Å²) < 4.78 is 37.4. The van der Waals surface area contributed by atoms with Crippen molar-refractivity contribution in [2.24, 2.45) is 0 Å². The molecule has 1 unspecified atom stereocenters. The van der Waals surface area contributed by atoms with Gasteiger partial charge in [0.2, 0.25) is 15.9 Å². The number of carbonyl (C=O) groups is 1. The predicted octanol–water partition coefficient (Wildman–Crippen LogP) is 2.33. The first-order chi connectivity index (χ1) is 13.6. The van der Waals surface area contributed by atoms with Crippen LogP contribution in [0.5, 0.6) is 11.5 Å². The van der Waals surface area contributed by atoms with Gasteiger partial charge in [0, 0.05) is 0 Å². The van der Waals surface area contributed by atoms with E-state index in [0.717, 1.165) is 27.3 Å². The van der Waals surface area contributed by atoms with Crippen LogP contribution in [0, 0.1) is 20.8 Å². The maximum atomic E-state index is 12.5. The molecule has 1 aliphatic rings. The minimum Gasteiger partial charge on any atom is -0.486 e. The number of anilines is 1. The molecule has 1 atom stereocenters. The lowest BCUT2D eigenvalue weighted by Gasteiger charge is -2.28. The first-order valence-corrected chi connectivity index (χ1v) is 11.2. The molecule has 0 saturated carbocycles. The Labute approximate surface area is 171 Å². The predicted molar refractivity (Wildman–Crippen MR) is 112 cm³/mol. The summed E-state index contributed by atoms with van der Waals surface area (Å²) in [6.07, 6.45) is 0.761. The van der Waals surface area contributed by atoms with E-state index in [9.17, 15) is 13.2 Å². The largest absolute Gasteiger partial charge is 0.486 e. The van der Waals surface area contributed by atoms with E-state index >= 15 is 0 Å². The number of hydrogen-bond donors (Lipinski definition) is 1. The van der Waals surface area contributed by atoms with Gasteiger partial charge < -0.3 is 14.8 Å². The summed E-state index contributed by atoms with van der Waals surface area (Å²) in [5.74, 6) is 0.891. The smallest absolute Gasteiger partial charge is 0.240 e. The first-order valence-electron chi connectivity index (χ1n) is 9.36. The molecule has 1 N–H and O–H groups in total. The first kappa shape index (κ1) is 21.0. The third-order valence-electron chi connectivity index (χ3n) is 4.67. The second kappa shape index (κ2) is 8.32. The third-order valence-corrected chi connectivity index (χ3v) is 5.78. The lowest BCUT2D eigenvalue weighted by Crippen LogP contribution is -2.45. The van der Waals surface area contributed by atoms with Crippen molar-refractivity contribution in [3.63, 3.8) is 0 Å². The van der Waals surface area contributed by atoms with Crippen molar-refractivity contribution in [3.8, 4) is 11.5 Å². The van der Waals surface area contributed by atoms with Crippen molar-refractivity contribution >= 4 is 21.6 Å². The van der Waals surface area contributed by atoms with Gasteiger partial charge in [0.25, 0.3) is 0 Å². The fourth-order valence-electron chi connectivity index (χ4n) is 3.51. The number of ether oxygens (including phenoxy) is 2. The normalized spacial score (nSPS) is 15.7. The highest BCUT2D eigenvalue weighted by Gasteiger charge is 2.26. The average molecular weight is 419 g/mol. The minimum absolute atomic E-state index is 0.219. The van der Waals surface area contributed by atoms with E-state index in [1.165, 1.54) is 0 Å². The fourth-order valence-corrected chi connectivity index (χ4v) is 4.48. The Hall–Kier alpha value is -2.74. The van der Waals surface area contributed by atoms with Crippen molar-refractivity contribution < 1.29 is 22.7 Å². The molecule has 1 heterocycles. The molecule has 2 aromatic rings. The SMILES string of the molecule is Cc1cc(C)c(N(CC(=O)NCC2COc3ccccc3O2)S(C)(=O)=O)c(C)c1. The van der Waals surface area contributed by atoms with Gasteiger partial charge in [0.05, 0.1) is 18.5 Å². The Balaban J connectivity index is 1.68. The quantitative estimate of drug-likeness (QED) is 0.778. The molecule has 1 aliphatic heterocycles. The van der Waals surface area contributed by atoms with Gasteiger partial charge in [-0.2, -0.15) is 0 Å². The van der Waals surface area contributed by atoms with E-state index in [4.69, 9.17) is 9.47 Å². The van der Waals surface area contributed by atoms with E-state index < -0.39 is 15.9 Å². The fraction of sp³-hybridized carbons (Fsp3) is 0.381. The Bertz CT molecular complexity index is 996. The highest BCUT2D eigenvalue weighted by molar-refractivity contribution is 7.92. The highest BCUT2D eigenvalue weighted by Crippen LogP contribution is 2.31. The number of benzene rings is 2. The van der Waals surface area contributed by atoms with Crippen LogP contribution in [0.4, 0.5) is 5.69 Å². The number of rotatable bonds is 6. The molecule has 0 aliphatic carbocycles. The summed E-state index contributed by atoms with van der Waals surface area (Å²) >= 11 is 0. The molecule has 2 aromatic carbocycles. The number of aryl methyl sites for hydroxylation is 3. The molecular formula is C21H26N2O5S. The zero-order valence-corrected chi connectivity index (χ0v) is 17.9. The maximum Gasteiger partial charge on any atom is 0.240 e. The third kappa shape index (κ3) is 5.00. The van der Waals surface area contributed by atoms with Gasteiger partial charge in [-0.25, -0.2) is 8.42 Å². The minimum atomic E-state index is -3.64. The number of sulfonamides is 1. The lowest BCUT2D eigenvalue weighted by molar-refractivity contribution is -0.120. The molecule has 0 saturated heterocycles. The van der Waals surface area contributed by atoms with Crippen LogP contribution in [0.15, 0.2) is 36.4 Å². The van der Waals surface area contributed by atoms with Crippen molar-refractivity contribution in [3.05, 3.63) is 53.1 Å². The standard InChI is InChI=1S/C21H26N2O5S/c1-14-9-15(2)21(16(3)10-14)23(29(4,25)26)12-20(24)22-11-17-13-27-18-7-5-6-8-19(18)28-17/h5-10,17H,11-13H2,1-4H3,(H,22,24). The topological polar surface area (TPSA) is 84.9 Å². The molecule has 0 bridgehead atoms. The Kier molecular flexibility index (Phi) is 6.02. The average Bonchev–Trinajstić information content (AvgIpc) is 2.64. The van der Waals surface area contributed by atoms with Crippen LogP contribution >= 0.6 is 0 Å². The number of nitrogens with one attached hydrogen (secondary N) is 1. The summed E-state index contributed by atoms with van der Waals surface area (Å²) in [6, 6.07) is 11.1. The van der Waals surface area contributed by atoms with E-state index in [1.807, 2.05) is 51.1 Å². The van der Waals surface area contributed by atoms with Crippen LogP contribution in [-0.4, -0.2) is 46.4 Å². The van der Waals surface area contributed by atoms with Gasteiger partial charge in [-0.3, -0.25) is 9.10 Å². The van der Waals surface area contributed by atoms with E-state index in [-0.39, 0.29) is 19.2 Å². The van der Waals surface area contributed by atoms with Gasteiger partial charge in [-0.05, 0) is 44.0 Å². The molecule has 8 heteroatoms. The van der Waals surface area contributed by atoms with Crippen LogP contribution in [0.25, 0.3) is 0 Å². The molecule has 3 rings (SSSR count). The second-order valence-electron chi connectivity index (χ2n) is 7.32. The van der Waals surface area contributed by atoms with Gasteiger partial charge >= 0.3 is 0 Å². The van der Waals surface area contributed by atoms with Crippen molar-refractivity contribution in [2.45, 2.75) is 26.9 Å². The molecule has 0 spiro atoms. The van der Waals surface area contributed by atoms with Gasteiger partial charge in [0.15, 0.2) is 11.5 Å². The Morgan fingerprint density at radius 3 is 2.38 bits per heavy atom. The lowest BCUT2D eigenvalue weighted by atomic mass is 10.1. The molecule has 156 valence electrons. The Morgan fingerprint density at radius 2 is 1.76 bits per heavy atom. The maximum absolute atomic E-state index is 12.5. The summed E-state index contributed by atoms with van der Waals surface area (Å²) in [7, 11) is -3.64. The van der Waals surface area contributed by atoms with E-state index in [1.54, 1.807) is 6.07 Å². The highest BCUT2D eigenvalue weighted by atomic mass is 32.2. The second-order valence-corrected chi connectivity index (χ2v) is 9.23. The molecule has 7 nitrogen and oxygen atoms in total. The van der Waals surface area contributed by atoms with Crippen LogP contribution in [0.2, 0.25) is 0 Å². The van der Waals surface area contributed by atoms with Gasteiger partial charge in [-0.1, -0.05) is 29.8 Å². The van der Waals surface area contributed by atoms with Crippen molar-refractivity contribution in [1.29, 1.82) is 0 Å². The summed E-state index contributed by atoms with van der Waals surface area (Å²) in [6.45, 7) is 5.87. The molecule has 0 aromatic heterocycles. The molecule has 29 heavy (non-hydrogen) atoms. The number of carbonyl (C=O) groups excluding carboxylic acids is 1.